The standard InChI is InChI=1S/C13H20O4S/c1-9-6-7-11(17-4)10(8-9)12(14)13(2,3)18(5,15)16/h6-8,12,14H,1-5H3. The number of methoxy groups -OCH3 is 1. The van der Waals surface area contributed by atoms with E-state index in [2.05, 4.69) is 0 Å². The zero-order valence-electron chi connectivity index (χ0n) is 11.4. The zero-order valence-corrected chi connectivity index (χ0v) is 12.2. The Morgan fingerprint density at radius 1 is 1.33 bits per heavy atom. The Bertz CT molecular complexity index is 532. The molecule has 0 spiro atoms. The maximum absolute atomic E-state index is 11.8. The number of aryl methyl sites for hydroxylation is 1. The lowest BCUT2D eigenvalue weighted by molar-refractivity contribution is 0.136. The van der Waals surface area contributed by atoms with Gasteiger partial charge in [-0.25, -0.2) is 8.42 Å². The Morgan fingerprint density at radius 2 is 1.89 bits per heavy atom. The number of ether oxygens (including phenoxy) is 1. The van der Waals surface area contributed by atoms with E-state index in [1.165, 1.54) is 21.0 Å². The van der Waals surface area contributed by atoms with Crippen molar-refractivity contribution in [2.45, 2.75) is 31.6 Å². The van der Waals surface area contributed by atoms with E-state index in [0.717, 1.165) is 11.8 Å². The minimum atomic E-state index is -3.39. The largest absolute Gasteiger partial charge is 0.496 e. The SMILES string of the molecule is COc1ccc(C)cc1C(O)C(C)(C)S(C)(=O)=O. The number of rotatable bonds is 4. The van der Waals surface area contributed by atoms with Crippen LogP contribution in [-0.4, -0.2) is 31.6 Å². The quantitative estimate of drug-likeness (QED) is 0.908. The molecule has 0 aliphatic carbocycles. The van der Waals surface area contributed by atoms with Crippen molar-refractivity contribution in [2.75, 3.05) is 13.4 Å². The molecule has 1 aromatic rings. The predicted octanol–water partition coefficient (Wildman–Crippen LogP) is 1.86. The van der Waals surface area contributed by atoms with Gasteiger partial charge in [-0.15, -0.1) is 0 Å². The van der Waals surface area contributed by atoms with Crippen LogP contribution < -0.4 is 4.74 Å². The summed E-state index contributed by atoms with van der Waals surface area (Å²) in [6.07, 6.45) is -0.0132. The molecule has 0 aliphatic rings. The predicted molar refractivity (Wildman–Crippen MR) is 71.6 cm³/mol. The van der Waals surface area contributed by atoms with Gasteiger partial charge in [0, 0.05) is 11.8 Å². The van der Waals surface area contributed by atoms with Crippen LogP contribution in [0.2, 0.25) is 0 Å². The first-order valence-electron chi connectivity index (χ1n) is 5.63. The maximum atomic E-state index is 11.8. The van der Waals surface area contributed by atoms with Crippen molar-refractivity contribution in [2.24, 2.45) is 0 Å². The molecule has 0 aliphatic heterocycles. The van der Waals surface area contributed by atoms with Gasteiger partial charge in [-0.05, 0) is 32.9 Å². The van der Waals surface area contributed by atoms with E-state index < -0.39 is 20.7 Å². The molecule has 0 saturated carbocycles. The van der Waals surface area contributed by atoms with Crippen molar-refractivity contribution < 1.29 is 18.3 Å². The molecular formula is C13H20O4S. The summed E-state index contributed by atoms with van der Waals surface area (Å²) in [5.41, 5.74) is 1.43. The van der Waals surface area contributed by atoms with Crippen LogP contribution in [-0.2, 0) is 9.84 Å². The highest BCUT2D eigenvalue weighted by atomic mass is 32.2. The van der Waals surface area contributed by atoms with E-state index in [9.17, 15) is 13.5 Å². The second-order valence-corrected chi connectivity index (χ2v) is 7.62. The first kappa shape index (κ1) is 15.0. The van der Waals surface area contributed by atoms with Gasteiger partial charge in [-0.3, -0.25) is 0 Å². The fourth-order valence-electron chi connectivity index (χ4n) is 1.64. The second-order valence-electron chi connectivity index (χ2n) is 5.02. The summed E-state index contributed by atoms with van der Waals surface area (Å²) in [5.74, 6) is 0.491. The summed E-state index contributed by atoms with van der Waals surface area (Å²) in [6.45, 7) is 4.90. The van der Waals surface area contributed by atoms with Gasteiger partial charge < -0.3 is 9.84 Å². The molecule has 1 rings (SSSR count). The molecule has 0 fully saturated rings. The molecule has 0 saturated heterocycles. The molecule has 1 unspecified atom stereocenters. The number of aliphatic hydroxyl groups excluding tert-OH is 1. The molecule has 0 amide bonds. The van der Waals surface area contributed by atoms with Gasteiger partial charge in [0.2, 0.25) is 0 Å². The van der Waals surface area contributed by atoms with Crippen LogP contribution in [0.4, 0.5) is 0 Å². The Kier molecular flexibility index (Phi) is 4.08. The minimum Gasteiger partial charge on any atom is -0.496 e. The number of sulfone groups is 1. The molecular weight excluding hydrogens is 252 g/mol. The molecule has 0 aromatic heterocycles. The first-order valence-corrected chi connectivity index (χ1v) is 7.52. The average molecular weight is 272 g/mol. The van der Waals surface area contributed by atoms with E-state index in [0.29, 0.717) is 11.3 Å². The Balaban J connectivity index is 3.35. The van der Waals surface area contributed by atoms with Gasteiger partial charge in [-0.1, -0.05) is 11.6 Å². The Hall–Kier alpha value is -1.07. The lowest BCUT2D eigenvalue weighted by Crippen LogP contribution is -2.38. The van der Waals surface area contributed by atoms with Gasteiger partial charge in [-0.2, -0.15) is 0 Å². The third-order valence-corrected chi connectivity index (χ3v) is 5.43. The number of hydrogen-bond acceptors (Lipinski definition) is 4. The number of aliphatic hydroxyl groups is 1. The average Bonchev–Trinajstić information content (AvgIpc) is 2.26. The van der Waals surface area contributed by atoms with E-state index >= 15 is 0 Å². The van der Waals surface area contributed by atoms with Crippen molar-refractivity contribution in [3.63, 3.8) is 0 Å². The number of benzene rings is 1. The fourth-order valence-corrected chi connectivity index (χ4v) is 2.18. The van der Waals surface area contributed by atoms with Crippen molar-refractivity contribution in [3.8, 4) is 5.75 Å². The molecule has 18 heavy (non-hydrogen) atoms. The van der Waals surface area contributed by atoms with Crippen molar-refractivity contribution >= 4 is 9.84 Å². The lowest BCUT2D eigenvalue weighted by atomic mass is 9.96. The molecule has 0 bridgehead atoms. The zero-order chi connectivity index (χ0) is 14.1. The Morgan fingerprint density at radius 3 is 2.33 bits per heavy atom. The monoisotopic (exact) mass is 272 g/mol. The molecule has 4 nitrogen and oxygen atoms in total. The van der Waals surface area contributed by atoms with Gasteiger partial charge in [0.05, 0.1) is 11.9 Å². The van der Waals surface area contributed by atoms with Crippen molar-refractivity contribution in [1.29, 1.82) is 0 Å². The van der Waals surface area contributed by atoms with Gasteiger partial charge >= 0.3 is 0 Å². The maximum Gasteiger partial charge on any atom is 0.155 e. The van der Waals surface area contributed by atoms with Crippen LogP contribution in [0.15, 0.2) is 18.2 Å². The third-order valence-electron chi connectivity index (χ3n) is 3.29. The second kappa shape index (κ2) is 4.90. The van der Waals surface area contributed by atoms with Crippen LogP contribution in [0.1, 0.15) is 31.1 Å². The highest BCUT2D eigenvalue weighted by Crippen LogP contribution is 2.37. The van der Waals surface area contributed by atoms with Crippen molar-refractivity contribution in [3.05, 3.63) is 29.3 Å². The van der Waals surface area contributed by atoms with Gasteiger partial charge in [0.1, 0.15) is 11.9 Å². The summed E-state index contributed by atoms with van der Waals surface area (Å²) in [4.78, 5) is 0. The molecule has 1 aromatic carbocycles. The highest BCUT2D eigenvalue weighted by Gasteiger charge is 2.40. The third kappa shape index (κ3) is 2.67. The first-order chi connectivity index (χ1) is 8.11. The smallest absolute Gasteiger partial charge is 0.155 e. The summed E-state index contributed by atoms with van der Waals surface area (Å²) in [7, 11) is -1.90. The lowest BCUT2D eigenvalue weighted by Gasteiger charge is -2.30. The van der Waals surface area contributed by atoms with Crippen LogP contribution >= 0.6 is 0 Å². The molecule has 102 valence electrons. The summed E-state index contributed by atoms with van der Waals surface area (Å²) >= 11 is 0. The van der Waals surface area contributed by atoms with Gasteiger partial charge in [0.15, 0.2) is 9.84 Å². The summed E-state index contributed by atoms with van der Waals surface area (Å²) in [5, 5.41) is 10.4. The highest BCUT2D eigenvalue weighted by molar-refractivity contribution is 7.92. The normalized spacial score (nSPS) is 14.3. The summed E-state index contributed by atoms with van der Waals surface area (Å²) in [6, 6.07) is 5.32. The summed E-state index contributed by atoms with van der Waals surface area (Å²) < 4.78 is 27.4. The van der Waals surface area contributed by atoms with E-state index in [-0.39, 0.29) is 0 Å². The van der Waals surface area contributed by atoms with Crippen LogP contribution in [0.3, 0.4) is 0 Å². The molecule has 0 heterocycles. The molecule has 0 radical (unpaired) electrons. The minimum absolute atomic E-state index is 0.491. The van der Waals surface area contributed by atoms with E-state index in [1.54, 1.807) is 12.1 Å². The van der Waals surface area contributed by atoms with E-state index in [4.69, 9.17) is 4.74 Å². The molecule has 1 N–H and O–H groups in total. The van der Waals surface area contributed by atoms with Crippen molar-refractivity contribution in [1.82, 2.24) is 0 Å². The molecule has 5 heteroatoms. The topological polar surface area (TPSA) is 63.6 Å². The van der Waals surface area contributed by atoms with Gasteiger partial charge in [0.25, 0.3) is 0 Å². The van der Waals surface area contributed by atoms with Crippen LogP contribution in [0.5, 0.6) is 5.75 Å². The molecule has 1 atom stereocenters. The fraction of sp³-hybridized carbons (Fsp3) is 0.538. The van der Waals surface area contributed by atoms with E-state index in [1.807, 2.05) is 13.0 Å². The van der Waals surface area contributed by atoms with Crippen LogP contribution in [0, 0.1) is 6.92 Å². The number of hydrogen-bond donors (Lipinski definition) is 1. The van der Waals surface area contributed by atoms with Crippen LogP contribution in [0.25, 0.3) is 0 Å². The Labute approximate surface area is 109 Å².